The Kier molecular flexibility index (Phi) is 6.12. The maximum absolute atomic E-state index is 12.3. The lowest BCUT2D eigenvalue weighted by molar-refractivity contribution is 0.0885. The number of amides is 1. The molecule has 0 atom stereocenters. The van der Waals surface area contributed by atoms with E-state index in [2.05, 4.69) is 19.8 Å². The van der Waals surface area contributed by atoms with Crippen LogP contribution < -0.4 is 15.5 Å². The van der Waals surface area contributed by atoms with Crippen molar-refractivity contribution < 1.29 is 4.79 Å². The fourth-order valence-corrected chi connectivity index (χ4v) is 4.78. The van der Waals surface area contributed by atoms with Gasteiger partial charge in [0, 0.05) is 83.6 Å². The number of hydrogen-bond acceptors (Lipinski definition) is 6. The Labute approximate surface area is 208 Å². The third-order valence-electron chi connectivity index (χ3n) is 6.50. The molecule has 4 aromatic rings. The molecule has 0 unspecified atom stereocenters. The number of piperazine rings is 1. The first kappa shape index (κ1) is 23.2. The summed E-state index contributed by atoms with van der Waals surface area (Å²) in [7, 11) is 5.50. The Hall–Kier alpha value is -3.56. The summed E-state index contributed by atoms with van der Waals surface area (Å²) in [5.74, 6) is -0.228. The molecule has 1 aliphatic heterocycles. The topological polar surface area (TPSA) is 80.2 Å². The molecule has 1 aromatic carbocycles. The minimum Gasteiger partial charge on any atom is -0.376 e. The molecule has 1 saturated heterocycles. The van der Waals surface area contributed by atoms with E-state index in [9.17, 15) is 9.59 Å². The van der Waals surface area contributed by atoms with Gasteiger partial charge < -0.3 is 14.8 Å². The van der Waals surface area contributed by atoms with Crippen LogP contribution in [0.3, 0.4) is 0 Å². The van der Waals surface area contributed by atoms with Gasteiger partial charge >= 0.3 is 5.69 Å². The Morgan fingerprint density at radius 2 is 1.89 bits per heavy atom. The smallest absolute Gasteiger partial charge is 0.330 e. The Balaban J connectivity index is 1.30. The summed E-state index contributed by atoms with van der Waals surface area (Å²) < 4.78 is 2.65. The van der Waals surface area contributed by atoms with Gasteiger partial charge in [-0.05, 0) is 42.0 Å². The molecule has 0 aliphatic carbocycles. The Morgan fingerprint density at radius 3 is 2.60 bits per heavy atom. The Morgan fingerprint density at radius 1 is 1.11 bits per heavy atom. The van der Waals surface area contributed by atoms with Crippen molar-refractivity contribution in [2.45, 2.75) is 6.54 Å². The molecule has 182 valence electrons. The average Bonchev–Trinajstić information content (AvgIpc) is 3.34. The van der Waals surface area contributed by atoms with Crippen LogP contribution in [-0.2, 0) is 6.54 Å². The van der Waals surface area contributed by atoms with Gasteiger partial charge in [-0.15, -0.1) is 0 Å². The Bertz CT molecular complexity index is 1450. The van der Waals surface area contributed by atoms with Crippen LogP contribution in [0.5, 0.6) is 0 Å². The van der Waals surface area contributed by atoms with Crippen molar-refractivity contribution in [2.75, 3.05) is 57.1 Å². The van der Waals surface area contributed by atoms with Crippen molar-refractivity contribution in [3.8, 4) is 0 Å². The highest BCUT2D eigenvalue weighted by Gasteiger charge is 2.22. The first-order valence-corrected chi connectivity index (χ1v) is 11.9. The molecule has 1 aliphatic rings. The summed E-state index contributed by atoms with van der Waals surface area (Å²) in [6.07, 6.45) is 3.64. The molecule has 1 fully saturated rings. The number of nitrogens with zero attached hydrogens (tertiary/aromatic N) is 6. The highest BCUT2D eigenvalue weighted by atomic mass is 35.5. The van der Waals surface area contributed by atoms with Crippen LogP contribution >= 0.6 is 11.8 Å². The van der Waals surface area contributed by atoms with E-state index in [4.69, 9.17) is 11.8 Å². The second kappa shape index (κ2) is 9.24. The van der Waals surface area contributed by atoms with Gasteiger partial charge in [0.25, 0.3) is 5.91 Å². The standard InChI is InChI=1S/C25H28ClN7O2/c1-29(2)22-14-18(24(34)30(3)26)6-7-20(22)32-11-9-31(10-12-32)16-17-13-19-23(27-15-17)21-5-4-8-33(21)25(35)28-19/h4-8,13-15H,9-12,16H2,1-3H3,(H,28,35). The van der Waals surface area contributed by atoms with E-state index in [0.717, 1.165) is 70.6 Å². The van der Waals surface area contributed by atoms with Gasteiger partial charge in [0.05, 0.1) is 22.4 Å². The van der Waals surface area contributed by atoms with Crippen LogP contribution in [0.15, 0.2) is 53.6 Å². The third kappa shape index (κ3) is 4.44. The summed E-state index contributed by atoms with van der Waals surface area (Å²) in [5.41, 5.74) is 5.92. The first-order chi connectivity index (χ1) is 16.8. The summed E-state index contributed by atoms with van der Waals surface area (Å²) >= 11 is 5.86. The zero-order chi connectivity index (χ0) is 24.7. The van der Waals surface area contributed by atoms with Crippen molar-refractivity contribution in [1.82, 2.24) is 23.7 Å². The van der Waals surface area contributed by atoms with Crippen molar-refractivity contribution in [1.29, 1.82) is 0 Å². The number of aromatic amines is 1. The van der Waals surface area contributed by atoms with Gasteiger partial charge in [0.15, 0.2) is 0 Å². The first-order valence-electron chi connectivity index (χ1n) is 11.5. The van der Waals surface area contributed by atoms with Crippen molar-refractivity contribution in [3.05, 3.63) is 70.4 Å². The summed E-state index contributed by atoms with van der Waals surface area (Å²) in [5, 5.41) is 0. The van der Waals surface area contributed by atoms with E-state index in [1.807, 2.05) is 61.6 Å². The number of pyridine rings is 1. The molecule has 9 nitrogen and oxygen atoms in total. The van der Waals surface area contributed by atoms with E-state index in [0.29, 0.717) is 5.56 Å². The summed E-state index contributed by atoms with van der Waals surface area (Å²) in [6, 6.07) is 11.5. The van der Waals surface area contributed by atoms with Gasteiger partial charge in [-0.1, -0.05) is 0 Å². The SMILES string of the molecule is CN(Cl)C(=O)c1ccc(N2CCN(Cc3cnc4c(c3)[nH]c(=O)n3cccc43)CC2)c(N(C)C)c1. The van der Waals surface area contributed by atoms with Gasteiger partial charge in [0.1, 0.15) is 5.52 Å². The van der Waals surface area contributed by atoms with Crippen molar-refractivity contribution in [3.63, 3.8) is 0 Å². The second-order valence-corrected chi connectivity index (χ2v) is 9.58. The molecule has 1 N–H and O–H groups in total. The fraction of sp³-hybridized carbons (Fsp3) is 0.320. The average molecular weight is 494 g/mol. The lowest BCUT2D eigenvalue weighted by atomic mass is 10.1. The van der Waals surface area contributed by atoms with Crippen LogP contribution in [0.2, 0.25) is 0 Å². The monoisotopic (exact) mass is 493 g/mol. The number of aromatic nitrogens is 3. The van der Waals surface area contributed by atoms with E-state index in [1.54, 1.807) is 10.6 Å². The number of carbonyl (C=O) groups excluding carboxylic acids is 1. The minimum absolute atomic E-state index is 0.160. The number of halogens is 1. The normalized spacial score (nSPS) is 14.6. The quantitative estimate of drug-likeness (QED) is 0.431. The van der Waals surface area contributed by atoms with Crippen molar-refractivity contribution in [2.24, 2.45) is 0 Å². The van der Waals surface area contributed by atoms with Crippen LogP contribution in [-0.4, -0.2) is 76.9 Å². The molecule has 0 spiro atoms. The van der Waals surface area contributed by atoms with Crippen LogP contribution in [0, 0.1) is 0 Å². The molecule has 3 aromatic heterocycles. The van der Waals surface area contributed by atoms with E-state index in [-0.39, 0.29) is 11.6 Å². The van der Waals surface area contributed by atoms with E-state index >= 15 is 0 Å². The number of fused-ring (bicyclic) bond motifs is 3. The maximum atomic E-state index is 12.3. The fourth-order valence-electron chi connectivity index (χ4n) is 4.69. The molecular formula is C25H28ClN7O2. The number of nitrogens with one attached hydrogen (secondary N) is 1. The number of rotatable bonds is 5. The van der Waals surface area contributed by atoms with Gasteiger partial charge in [-0.25, -0.2) is 4.79 Å². The van der Waals surface area contributed by atoms with Crippen LogP contribution in [0.4, 0.5) is 11.4 Å². The molecule has 0 bridgehead atoms. The minimum atomic E-state index is -0.228. The highest BCUT2D eigenvalue weighted by Crippen LogP contribution is 2.31. The zero-order valence-electron chi connectivity index (χ0n) is 20.0. The molecule has 0 saturated carbocycles. The van der Waals surface area contributed by atoms with Crippen molar-refractivity contribution >= 4 is 45.6 Å². The molecule has 35 heavy (non-hydrogen) atoms. The molecule has 4 heterocycles. The van der Waals surface area contributed by atoms with E-state index < -0.39 is 0 Å². The number of anilines is 2. The largest absolute Gasteiger partial charge is 0.376 e. The second-order valence-electron chi connectivity index (χ2n) is 9.08. The van der Waals surface area contributed by atoms with Gasteiger partial charge in [-0.3, -0.25) is 23.5 Å². The number of H-pyrrole nitrogens is 1. The molecule has 10 heteroatoms. The zero-order valence-corrected chi connectivity index (χ0v) is 20.8. The molecule has 5 rings (SSSR count). The van der Waals surface area contributed by atoms with Gasteiger partial charge in [0.2, 0.25) is 0 Å². The lowest BCUT2D eigenvalue weighted by Gasteiger charge is -2.37. The van der Waals surface area contributed by atoms with Gasteiger partial charge in [-0.2, -0.15) is 0 Å². The number of benzene rings is 1. The van der Waals surface area contributed by atoms with Crippen LogP contribution in [0.1, 0.15) is 15.9 Å². The highest BCUT2D eigenvalue weighted by molar-refractivity contribution is 6.23. The number of hydrogen-bond donors (Lipinski definition) is 1. The predicted molar refractivity (Wildman–Crippen MR) is 140 cm³/mol. The third-order valence-corrected chi connectivity index (χ3v) is 6.65. The summed E-state index contributed by atoms with van der Waals surface area (Å²) in [4.78, 5) is 39.0. The van der Waals surface area contributed by atoms with Crippen LogP contribution in [0.25, 0.3) is 16.6 Å². The molecular weight excluding hydrogens is 466 g/mol. The summed E-state index contributed by atoms with van der Waals surface area (Å²) in [6.45, 7) is 4.29. The molecule has 0 radical (unpaired) electrons. The maximum Gasteiger partial charge on any atom is 0.330 e. The van der Waals surface area contributed by atoms with E-state index in [1.165, 1.54) is 7.05 Å². The predicted octanol–water partition coefficient (Wildman–Crippen LogP) is 2.79. The number of carbonyl (C=O) groups is 1. The lowest BCUT2D eigenvalue weighted by Crippen LogP contribution is -2.46. The molecule has 1 amide bonds.